The average molecular weight is 531 g/mol. The Kier molecular flexibility index (Phi) is 9.22. The number of halogens is 3. The van der Waals surface area contributed by atoms with Crippen LogP contribution in [-0.2, 0) is 16.2 Å². The normalized spacial score (nSPS) is 12.1. The van der Waals surface area contributed by atoms with Gasteiger partial charge in [0.25, 0.3) is 0 Å². The zero-order chi connectivity index (χ0) is 23.1. The number of hydrogen-bond acceptors (Lipinski definition) is 4. The Morgan fingerprint density at radius 3 is 2.48 bits per heavy atom. The molecule has 0 aliphatic rings. The first-order chi connectivity index (χ1) is 14.6. The molecule has 0 aliphatic carbocycles. The lowest BCUT2D eigenvalue weighted by Crippen LogP contribution is -2.43. The van der Waals surface area contributed by atoms with Crippen molar-refractivity contribution in [3.63, 3.8) is 0 Å². The second-order valence-electron chi connectivity index (χ2n) is 6.97. The standard InChI is InChI=1S/C22H22BrCl2NO5/c1-12(2)20(22(28)29)26-19(27)7-5-13-8-15(23)21(18(10-13)30-3)31-11-14-4-6-16(24)17(25)9-14/h4-10,12,20H,11H2,1-3H3,(H,26,27)(H,28,29)/b7-5+/t20-/m1/s1. The molecule has 0 aromatic heterocycles. The third-order valence-electron chi connectivity index (χ3n) is 4.28. The lowest BCUT2D eigenvalue weighted by Gasteiger charge is -2.16. The number of carboxylic acids is 1. The van der Waals surface area contributed by atoms with Gasteiger partial charge < -0.3 is 19.9 Å². The Morgan fingerprint density at radius 1 is 1.19 bits per heavy atom. The number of amides is 1. The van der Waals surface area contributed by atoms with Crippen LogP contribution in [0.2, 0.25) is 10.0 Å². The van der Waals surface area contributed by atoms with E-state index >= 15 is 0 Å². The highest BCUT2D eigenvalue weighted by atomic mass is 79.9. The van der Waals surface area contributed by atoms with E-state index in [9.17, 15) is 14.7 Å². The van der Waals surface area contributed by atoms with Crippen LogP contribution in [0.3, 0.4) is 0 Å². The predicted octanol–water partition coefficient (Wildman–Crippen LogP) is 5.58. The van der Waals surface area contributed by atoms with Crippen LogP contribution in [0.15, 0.2) is 40.9 Å². The SMILES string of the molecule is COc1cc(/C=C/C(=O)N[C@@H](C(=O)O)C(C)C)cc(Br)c1OCc1ccc(Cl)c(Cl)c1. The summed E-state index contributed by atoms with van der Waals surface area (Å²) in [4.78, 5) is 23.3. The van der Waals surface area contributed by atoms with E-state index in [0.29, 0.717) is 31.6 Å². The number of methoxy groups -OCH3 is 1. The molecule has 0 spiro atoms. The fourth-order valence-corrected chi connectivity index (χ4v) is 3.54. The maximum Gasteiger partial charge on any atom is 0.326 e. The van der Waals surface area contributed by atoms with E-state index in [2.05, 4.69) is 21.2 Å². The molecule has 31 heavy (non-hydrogen) atoms. The number of aliphatic carboxylic acids is 1. The van der Waals surface area contributed by atoms with Gasteiger partial charge in [0, 0.05) is 6.08 Å². The van der Waals surface area contributed by atoms with Gasteiger partial charge in [-0.3, -0.25) is 4.79 Å². The summed E-state index contributed by atoms with van der Waals surface area (Å²) in [6, 6.07) is 7.73. The second kappa shape index (κ2) is 11.4. The zero-order valence-corrected chi connectivity index (χ0v) is 20.2. The van der Waals surface area contributed by atoms with E-state index in [1.165, 1.54) is 13.2 Å². The number of nitrogens with one attached hydrogen (secondary N) is 1. The Hall–Kier alpha value is -2.22. The quantitative estimate of drug-likeness (QED) is 0.413. The first kappa shape index (κ1) is 25.0. The van der Waals surface area contributed by atoms with E-state index in [1.807, 2.05) is 6.07 Å². The van der Waals surface area contributed by atoms with Gasteiger partial charge in [-0.15, -0.1) is 0 Å². The van der Waals surface area contributed by atoms with Crippen molar-refractivity contribution in [2.24, 2.45) is 5.92 Å². The van der Waals surface area contributed by atoms with Crippen LogP contribution >= 0.6 is 39.1 Å². The molecule has 0 unspecified atom stereocenters. The Bertz CT molecular complexity index is 994. The van der Waals surface area contributed by atoms with Gasteiger partial charge in [-0.05, 0) is 63.3 Å². The number of carbonyl (C=O) groups is 2. The van der Waals surface area contributed by atoms with Gasteiger partial charge >= 0.3 is 5.97 Å². The molecule has 0 saturated heterocycles. The van der Waals surface area contributed by atoms with Gasteiger partial charge in [-0.2, -0.15) is 0 Å². The van der Waals surface area contributed by atoms with Crippen molar-refractivity contribution in [1.29, 1.82) is 0 Å². The van der Waals surface area contributed by atoms with Crippen LogP contribution in [-0.4, -0.2) is 30.1 Å². The van der Waals surface area contributed by atoms with Crippen LogP contribution in [0, 0.1) is 5.92 Å². The van der Waals surface area contributed by atoms with Crippen molar-refractivity contribution in [3.05, 3.63) is 62.1 Å². The van der Waals surface area contributed by atoms with Crippen LogP contribution in [0.1, 0.15) is 25.0 Å². The maximum atomic E-state index is 12.1. The summed E-state index contributed by atoms with van der Waals surface area (Å²) in [6.07, 6.45) is 2.83. The fraction of sp³-hybridized carbons (Fsp3) is 0.273. The summed E-state index contributed by atoms with van der Waals surface area (Å²) < 4.78 is 11.9. The van der Waals surface area contributed by atoms with Gasteiger partial charge in [-0.1, -0.05) is 43.1 Å². The minimum atomic E-state index is -1.08. The lowest BCUT2D eigenvalue weighted by molar-refractivity contribution is -0.142. The zero-order valence-electron chi connectivity index (χ0n) is 17.1. The molecule has 2 aromatic carbocycles. The lowest BCUT2D eigenvalue weighted by atomic mass is 10.0. The van der Waals surface area contributed by atoms with Crippen molar-refractivity contribution in [1.82, 2.24) is 5.32 Å². The molecule has 1 atom stereocenters. The predicted molar refractivity (Wildman–Crippen MR) is 125 cm³/mol. The maximum absolute atomic E-state index is 12.1. The number of carboxylic acid groups (broad SMARTS) is 1. The van der Waals surface area contributed by atoms with E-state index in [1.54, 1.807) is 44.2 Å². The van der Waals surface area contributed by atoms with Crippen molar-refractivity contribution in [2.75, 3.05) is 7.11 Å². The smallest absolute Gasteiger partial charge is 0.326 e. The van der Waals surface area contributed by atoms with E-state index in [4.69, 9.17) is 32.7 Å². The number of benzene rings is 2. The molecule has 2 aromatic rings. The Labute approximate surface area is 199 Å². The highest BCUT2D eigenvalue weighted by Crippen LogP contribution is 2.37. The van der Waals surface area contributed by atoms with E-state index < -0.39 is 17.9 Å². The highest BCUT2D eigenvalue weighted by Gasteiger charge is 2.22. The molecule has 6 nitrogen and oxygen atoms in total. The van der Waals surface area contributed by atoms with Crippen LogP contribution < -0.4 is 14.8 Å². The van der Waals surface area contributed by atoms with Gasteiger partial charge in [0.05, 0.1) is 21.6 Å². The van der Waals surface area contributed by atoms with Crippen LogP contribution in [0.5, 0.6) is 11.5 Å². The van der Waals surface area contributed by atoms with Crippen molar-refractivity contribution >= 4 is 57.1 Å². The average Bonchev–Trinajstić information content (AvgIpc) is 2.71. The number of rotatable bonds is 9. The summed E-state index contributed by atoms with van der Waals surface area (Å²) in [5.41, 5.74) is 1.50. The minimum Gasteiger partial charge on any atom is -0.493 e. The first-order valence-electron chi connectivity index (χ1n) is 9.28. The highest BCUT2D eigenvalue weighted by molar-refractivity contribution is 9.10. The van der Waals surface area contributed by atoms with E-state index in [0.717, 1.165) is 5.56 Å². The van der Waals surface area contributed by atoms with E-state index in [-0.39, 0.29) is 12.5 Å². The van der Waals surface area contributed by atoms with Crippen LogP contribution in [0.25, 0.3) is 6.08 Å². The van der Waals surface area contributed by atoms with Crippen LogP contribution in [0.4, 0.5) is 0 Å². The fourth-order valence-electron chi connectivity index (χ4n) is 2.65. The molecule has 2 N–H and O–H groups in total. The third-order valence-corrected chi connectivity index (χ3v) is 5.60. The molecule has 0 heterocycles. The molecular formula is C22H22BrCl2NO5. The molecule has 2 rings (SSSR count). The van der Waals surface area contributed by atoms with Gasteiger partial charge in [0.15, 0.2) is 11.5 Å². The molecule has 0 saturated carbocycles. The number of ether oxygens (including phenoxy) is 2. The summed E-state index contributed by atoms with van der Waals surface area (Å²) in [7, 11) is 1.51. The molecule has 0 aliphatic heterocycles. The molecular weight excluding hydrogens is 509 g/mol. The molecule has 1 amide bonds. The van der Waals surface area contributed by atoms with Crippen molar-refractivity contribution in [3.8, 4) is 11.5 Å². The first-order valence-corrected chi connectivity index (χ1v) is 10.8. The summed E-state index contributed by atoms with van der Waals surface area (Å²) in [5, 5.41) is 12.6. The molecule has 0 bridgehead atoms. The van der Waals surface area contributed by atoms with Gasteiger partial charge in [-0.25, -0.2) is 4.79 Å². The largest absolute Gasteiger partial charge is 0.493 e. The van der Waals surface area contributed by atoms with Crippen molar-refractivity contribution in [2.45, 2.75) is 26.5 Å². The topological polar surface area (TPSA) is 84.9 Å². The Morgan fingerprint density at radius 2 is 1.90 bits per heavy atom. The third kappa shape index (κ3) is 7.16. The summed E-state index contributed by atoms with van der Waals surface area (Å²) in [5.74, 6) is -0.877. The van der Waals surface area contributed by atoms with Gasteiger partial charge in [0.1, 0.15) is 12.6 Å². The molecule has 0 radical (unpaired) electrons. The summed E-state index contributed by atoms with van der Waals surface area (Å²) in [6.45, 7) is 3.69. The number of hydrogen-bond donors (Lipinski definition) is 2. The Balaban J connectivity index is 2.14. The molecule has 0 fully saturated rings. The number of carbonyl (C=O) groups excluding carboxylic acids is 1. The monoisotopic (exact) mass is 529 g/mol. The molecule has 9 heteroatoms. The minimum absolute atomic E-state index is 0.240. The second-order valence-corrected chi connectivity index (χ2v) is 8.64. The summed E-state index contributed by atoms with van der Waals surface area (Å²) >= 11 is 15.4. The van der Waals surface area contributed by atoms with Gasteiger partial charge in [0.2, 0.25) is 5.91 Å². The molecule has 166 valence electrons. The van der Waals surface area contributed by atoms with Crippen molar-refractivity contribution < 1.29 is 24.2 Å².